The fourth-order valence-corrected chi connectivity index (χ4v) is 2.60. The van der Waals surface area contributed by atoms with Crippen LogP contribution in [0.2, 0.25) is 0 Å². The Morgan fingerprint density at radius 1 is 1.15 bits per heavy atom. The zero-order valence-electron chi connectivity index (χ0n) is 11.6. The van der Waals surface area contributed by atoms with Crippen molar-refractivity contribution in [2.24, 2.45) is 0 Å². The van der Waals surface area contributed by atoms with Gasteiger partial charge in [0, 0.05) is 12.6 Å². The Hall–Kier alpha value is -1.92. The van der Waals surface area contributed by atoms with Crippen molar-refractivity contribution >= 4 is 23.8 Å². The summed E-state index contributed by atoms with van der Waals surface area (Å²) in [6, 6.07) is -0.568. The molecule has 0 aromatic heterocycles. The van der Waals surface area contributed by atoms with Crippen molar-refractivity contribution in [3.05, 3.63) is 0 Å². The first-order valence-electron chi connectivity index (χ1n) is 7.01. The summed E-state index contributed by atoms with van der Waals surface area (Å²) in [7, 11) is 0. The Balaban J connectivity index is 1.94. The van der Waals surface area contributed by atoms with Crippen LogP contribution in [0.15, 0.2) is 0 Å². The van der Waals surface area contributed by atoms with Gasteiger partial charge in [-0.25, -0.2) is 9.69 Å². The molecule has 0 bridgehead atoms. The number of nitrogens with zero attached hydrogens (tertiary/aromatic N) is 2. The molecular formula is C13H19N3O4. The minimum Gasteiger partial charge on any atom is -0.352 e. The number of carbonyl (C=O) groups excluding carboxylic acids is 4. The second kappa shape index (κ2) is 6.02. The molecule has 20 heavy (non-hydrogen) atoms. The predicted molar refractivity (Wildman–Crippen MR) is 69.5 cm³/mol. The van der Waals surface area contributed by atoms with E-state index in [1.165, 1.54) is 0 Å². The molecule has 2 rings (SSSR count). The quantitative estimate of drug-likeness (QED) is 0.578. The zero-order chi connectivity index (χ0) is 14.7. The van der Waals surface area contributed by atoms with Crippen LogP contribution in [0.25, 0.3) is 0 Å². The van der Waals surface area contributed by atoms with Gasteiger partial charge in [0.05, 0.1) is 0 Å². The SMILES string of the molecule is CCCN1C(=O)C(=O)N(CC(=O)NC2CCCC2)C1=O. The molecule has 0 unspecified atom stereocenters. The highest BCUT2D eigenvalue weighted by Crippen LogP contribution is 2.18. The number of nitrogens with one attached hydrogen (secondary N) is 1. The maximum Gasteiger partial charge on any atom is 0.334 e. The molecule has 1 N–H and O–H groups in total. The van der Waals surface area contributed by atoms with Crippen LogP contribution in [-0.4, -0.2) is 52.7 Å². The molecule has 7 heteroatoms. The van der Waals surface area contributed by atoms with Gasteiger partial charge in [-0.15, -0.1) is 0 Å². The second-order valence-electron chi connectivity index (χ2n) is 5.18. The van der Waals surface area contributed by atoms with E-state index in [-0.39, 0.29) is 25.0 Å². The van der Waals surface area contributed by atoms with Crippen LogP contribution in [0, 0.1) is 0 Å². The van der Waals surface area contributed by atoms with E-state index in [0.717, 1.165) is 35.5 Å². The molecule has 1 heterocycles. The summed E-state index contributed by atoms with van der Waals surface area (Å²) in [5.41, 5.74) is 0. The molecule has 1 saturated heterocycles. The van der Waals surface area contributed by atoms with Gasteiger partial charge in [0.1, 0.15) is 6.54 Å². The molecule has 1 saturated carbocycles. The van der Waals surface area contributed by atoms with Gasteiger partial charge in [0.2, 0.25) is 5.91 Å². The van der Waals surface area contributed by atoms with Gasteiger partial charge in [0.25, 0.3) is 0 Å². The standard InChI is InChI=1S/C13H19N3O4/c1-2-7-15-11(18)12(19)16(13(15)20)8-10(17)14-9-5-3-4-6-9/h9H,2-8H2,1H3,(H,14,17). The zero-order valence-corrected chi connectivity index (χ0v) is 11.6. The largest absolute Gasteiger partial charge is 0.352 e. The predicted octanol–water partition coefficient (Wildman–Crippen LogP) is 0.246. The van der Waals surface area contributed by atoms with Crippen LogP contribution < -0.4 is 5.32 Å². The van der Waals surface area contributed by atoms with E-state index in [1.807, 2.05) is 0 Å². The van der Waals surface area contributed by atoms with Gasteiger partial charge in [-0.3, -0.25) is 19.3 Å². The van der Waals surface area contributed by atoms with Crippen molar-refractivity contribution in [1.82, 2.24) is 15.1 Å². The third-order valence-corrected chi connectivity index (χ3v) is 3.60. The van der Waals surface area contributed by atoms with Gasteiger partial charge in [-0.05, 0) is 19.3 Å². The first-order valence-corrected chi connectivity index (χ1v) is 7.01. The molecule has 2 fully saturated rings. The van der Waals surface area contributed by atoms with E-state index in [1.54, 1.807) is 6.92 Å². The molecule has 0 aromatic carbocycles. The Morgan fingerprint density at radius 2 is 1.75 bits per heavy atom. The fraction of sp³-hybridized carbons (Fsp3) is 0.692. The lowest BCUT2D eigenvalue weighted by atomic mass is 10.2. The Kier molecular flexibility index (Phi) is 4.36. The van der Waals surface area contributed by atoms with Gasteiger partial charge >= 0.3 is 17.8 Å². The summed E-state index contributed by atoms with van der Waals surface area (Å²) in [6.45, 7) is 1.63. The van der Waals surface area contributed by atoms with Gasteiger partial charge in [0.15, 0.2) is 0 Å². The summed E-state index contributed by atoms with van der Waals surface area (Å²) >= 11 is 0. The molecule has 0 aromatic rings. The van der Waals surface area contributed by atoms with E-state index in [2.05, 4.69) is 5.32 Å². The summed E-state index contributed by atoms with van der Waals surface area (Å²) in [6.07, 6.45) is 4.58. The lowest BCUT2D eigenvalue weighted by Crippen LogP contribution is -2.44. The van der Waals surface area contributed by atoms with E-state index >= 15 is 0 Å². The summed E-state index contributed by atoms with van der Waals surface area (Å²) in [5.74, 6) is -2.14. The topological polar surface area (TPSA) is 86.8 Å². The maximum absolute atomic E-state index is 11.9. The van der Waals surface area contributed by atoms with Gasteiger partial charge < -0.3 is 5.32 Å². The second-order valence-corrected chi connectivity index (χ2v) is 5.18. The molecule has 0 spiro atoms. The van der Waals surface area contributed by atoms with Crippen LogP contribution in [0.4, 0.5) is 4.79 Å². The first kappa shape index (κ1) is 14.5. The monoisotopic (exact) mass is 281 g/mol. The number of carbonyl (C=O) groups is 4. The number of hydrogen-bond donors (Lipinski definition) is 1. The number of amides is 5. The van der Waals surface area contributed by atoms with Gasteiger partial charge in [-0.1, -0.05) is 19.8 Å². The molecule has 1 aliphatic carbocycles. The normalized spacial score (nSPS) is 20.1. The van der Waals surface area contributed by atoms with Crippen molar-refractivity contribution < 1.29 is 19.2 Å². The molecule has 5 amide bonds. The van der Waals surface area contributed by atoms with Crippen LogP contribution in [-0.2, 0) is 14.4 Å². The highest BCUT2D eigenvalue weighted by molar-refractivity contribution is 6.45. The Labute approximate surface area is 117 Å². The minimum atomic E-state index is -0.912. The molecule has 7 nitrogen and oxygen atoms in total. The van der Waals surface area contributed by atoms with E-state index in [0.29, 0.717) is 6.42 Å². The average Bonchev–Trinajstić information content (AvgIpc) is 2.98. The average molecular weight is 281 g/mol. The van der Waals surface area contributed by atoms with Crippen LogP contribution in [0.5, 0.6) is 0 Å². The Bertz CT molecular complexity index is 443. The minimum absolute atomic E-state index is 0.123. The van der Waals surface area contributed by atoms with E-state index in [4.69, 9.17) is 0 Å². The summed E-state index contributed by atoms with van der Waals surface area (Å²) in [5, 5.41) is 2.79. The summed E-state index contributed by atoms with van der Waals surface area (Å²) < 4.78 is 0. The van der Waals surface area contributed by atoms with E-state index < -0.39 is 17.8 Å². The summed E-state index contributed by atoms with van der Waals surface area (Å²) in [4.78, 5) is 48.7. The number of hydrogen-bond acceptors (Lipinski definition) is 4. The molecule has 0 atom stereocenters. The van der Waals surface area contributed by atoms with Crippen LogP contribution in [0.3, 0.4) is 0 Å². The number of rotatable bonds is 5. The first-order chi connectivity index (χ1) is 9.54. The van der Waals surface area contributed by atoms with Crippen molar-refractivity contribution in [3.63, 3.8) is 0 Å². The van der Waals surface area contributed by atoms with Gasteiger partial charge in [-0.2, -0.15) is 0 Å². The smallest absolute Gasteiger partial charge is 0.334 e. The lowest BCUT2D eigenvalue weighted by molar-refractivity contribution is -0.144. The van der Waals surface area contributed by atoms with Crippen molar-refractivity contribution in [2.45, 2.75) is 45.1 Å². The molecule has 2 aliphatic rings. The third kappa shape index (κ3) is 2.81. The van der Waals surface area contributed by atoms with Crippen LogP contribution in [0.1, 0.15) is 39.0 Å². The van der Waals surface area contributed by atoms with Crippen molar-refractivity contribution in [2.75, 3.05) is 13.1 Å². The highest BCUT2D eigenvalue weighted by Gasteiger charge is 2.44. The molecular weight excluding hydrogens is 262 g/mol. The number of urea groups is 1. The van der Waals surface area contributed by atoms with E-state index in [9.17, 15) is 19.2 Å². The molecule has 110 valence electrons. The highest BCUT2D eigenvalue weighted by atomic mass is 16.2. The fourth-order valence-electron chi connectivity index (χ4n) is 2.60. The maximum atomic E-state index is 11.9. The molecule has 1 aliphatic heterocycles. The lowest BCUT2D eigenvalue weighted by Gasteiger charge is -2.16. The van der Waals surface area contributed by atoms with Crippen molar-refractivity contribution in [3.8, 4) is 0 Å². The van der Waals surface area contributed by atoms with Crippen LogP contribution >= 0.6 is 0 Å². The third-order valence-electron chi connectivity index (χ3n) is 3.60. The number of imide groups is 2. The molecule has 0 radical (unpaired) electrons. The Morgan fingerprint density at radius 3 is 2.35 bits per heavy atom. The van der Waals surface area contributed by atoms with Crippen molar-refractivity contribution in [1.29, 1.82) is 0 Å².